The van der Waals surface area contributed by atoms with Crippen molar-refractivity contribution in [2.24, 2.45) is 5.16 Å². The first kappa shape index (κ1) is 16.6. The van der Waals surface area contributed by atoms with E-state index in [0.717, 1.165) is 37.7 Å². The van der Waals surface area contributed by atoms with Gasteiger partial charge < -0.3 is 9.63 Å². The zero-order valence-corrected chi connectivity index (χ0v) is 10.6. The van der Waals surface area contributed by atoms with Crippen LogP contribution in [0.1, 0.15) is 59.8 Å². The maximum Gasteiger partial charge on any atom is 0.119 e. The Kier molecular flexibility index (Phi) is 17.2. The van der Waals surface area contributed by atoms with Crippen molar-refractivity contribution in [3.63, 3.8) is 0 Å². The van der Waals surface area contributed by atoms with E-state index in [1.54, 1.807) is 0 Å². The number of nitrogens with zero attached hydrogens (tertiary/aromatic N) is 1. The summed E-state index contributed by atoms with van der Waals surface area (Å²) in [5.41, 5.74) is 1.02. The van der Waals surface area contributed by atoms with Crippen molar-refractivity contribution in [2.45, 2.75) is 59.8 Å². The first-order valence-corrected chi connectivity index (χ1v) is 5.90. The van der Waals surface area contributed by atoms with Crippen LogP contribution in [-0.2, 0) is 9.63 Å². The molecule has 0 atom stereocenters. The van der Waals surface area contributed by atoms with Crippen molar-refractivity contribution in [2.75, 3.05) is 6.61 Å². The standard InChI is InChI=1S/C10H19NO2.C2H6/c1-3-10(2)11-13-9-7-5-4-6-8-12;1-2/h8H,3-7,9H2,1-2H3;1-2H3/b11-10+;. The number of rotatable bonds is 8. The second-order valence-electron chi connectivity index (χ2n) is 3.03. The third-order valence-electron chi connectivity index (χ3n) is 1.79. The van der Waals surface area contributed by atoms with Crippen molar-refractivity contribution in [1.82, 2.24) is 0 Å². The normalized spacial score (nSPS) is 10.3. The van der Waals surface area contributed by atoms with Gasteiger partial charge in [-0.1, -0.05) is 25.9 Å². The molecule has 3 nitrogen and oxygen atoms in total. The van der Waals surface area contributed by atoms with Crippen LogP contribution >= 0.6 is 0 Å². The smallest absolute Gasteiger partial charge is 0.119 e. The molecule has 0 heterocycles. The average molecular weight is 215 g/mol. The van der Waals surface area contributed by atoms with Crippen molar-refractivity contribution in [3.8, 4) is 0 Å². The minimum atomic E-state index is 0.663. The van der Waals surface area contributed by atoms with E-state index in [9.17, 15) is 4.79 Å². The minimum absolute atomic E-state index is 0.663. The van der Waals surface area contributed by atoms with Gasteiger partial charge in [0.15, 0.2) is 0 Å². The van der Waals surface area contributed by atoms with Crippen LogP contribution < -0.4 is 0 Å². The predicted molar refractivity (Wildman–Crippen MR) is 65.2 cm³/mol. The number of carbonyl (C=O) groups is 1. The lowest BCUT2D eigenvalue weighted by atomic mass is 10.2. The van der Waals surface area contributed by atoms with Crippen LogP contribution in [0.5, 0.6) is 0 Å². The Hall–Kier alpha value is -0.860. The molecule has 0 amide bonds. The average Bonchev–Trinajstić information content (AvgIpc) is 2.30. The lowest BCUT2D eigenvalue weighted by Gasteiger charge is -1.99. The zero-order valence-electron chi connectivity index (χ0n) is 10.6. The highest BCUT2D eigenvalue weighted by Gasteiger charge is 1.90. The molecule has 0 aromatic heterocycles. The van der Waals surface area contributed by atoms with Gasteiger partial charge in [0, 0.05) is 6.42 Å². The van der Waals surface area contributed by atoms with Gasteiger partial charge in [0.05, 0.1) is 5.71 Å². The number of hydrogen-bond acceptors (Lipinski definition) is 3. The predicted octanol–water partition coefficient (Wildman–Crippen LogP) is 3.57. The van der Waals surface area contributed by atoms with Gasteiger partial charge in [0.25, 0.3) is 0 Å². The molecule has 0 spiro atoms. The van der Waals surface area contributed by atoms with Gasteiger partial charge in [-0.2, -0.15) is 0 Å². The van der Waals surface area contributed by atoms with E-state index >= 15 is 0 Å². The summed E-state index contributed by atoms with van der Waals surface area (Å²) in [5.74, 6) is 0. The van der Waals surface area contributed by atoms with E-state index < -0.39 is 0 Å². The largest absolute Gasteiger partial charge is 0.396 e. The van der Waals surface area contributed by atoms with Gasteiger partial charge in [-0.15, -0.1) is 0 Å². The zero-order chi connectivity index (χ0) is 11.9. The lowest BCUT2D eigenvalue weighted by molar-refractivity contribution is -0.107. The fourth-order valence-corrected chi connectivity index (χ4v) is 0.791. The number of hydrogen-bond donors (Lipinski definition) is 0. The Labute approximate surface area is 93.9 Å². The topological polar surface area (TPSA) is 38.7 Å². The summed E-state index contributed by atoms with van der Waals surface area (Å²) in [6, 6.07) is 0. The van der Waals surface area contributed by atoms with Crippen molar-refractivity contribution in [3.05, 3.63) is 0 Å². The quantitative estimate of drug-likeness (QED) is 0.269. The Balaban J connectivity index is 0. The molecule has 0 aliphatic heterocycles. The second-order valence-corrected chi connectivity index (χ2v) is 3.03. The molecule has 0 aliphatic rings. The van der Waals surface area contributed by atoms with Crippen LogP contribution in [0.4, 0.5) is 0 Å². The molecule has 0 unspecified atom stereocenters. The maximum absolute atomic E-state index is 9.97. The van der Waals surface area contributed by atoms with Gasteiger partial charge in [0.1, 0.15) is 12.9 Å². The number of oxime groups is 1. The van der Waals surface area contributed by atoms with Crippen LogP contribution in [0.25, 0.3) is 0 Å². The minimum Gasteiger partial charge on any atom is -0.396 e. The first-order chi connectivity index (χ1) is 7.31. The fourth-order valence-electron chi connectivity index (χ4n) is 0.791. The van der Waals surface area contributed by atoms with E-state index in [1.165, 1.54) is 0 Å². The van der Waals surface area contributed by atoms with Crippen molar-refractivity contribution < 1.29 is 9.63 Å². The highest BCUT2D eigenvalue weighted by molar-refractivity contribution is 5.80. The summed E-state index contributed by atoms with van der Waals surface area (Å²) < 4.78 is 0. The van der Waals surface area contributed by atoms with Gasteiger partial charge >= 0.3 is 0 Å². The van der Waals surface area contributed by atoms with Gasteiger partial charge in [-0.25, -0.2) is 0 Å². The molecule has 0 aromatic carbocycles. The lowest BCUT2D eigenvalue weighted by Crippen LogP contribution is -1.93. The molecular formula is C12H25NO2. The highest BCUT2D eigenvalue weighted by Crippen LogP contribution is 1.98. The van der Waals surface area contributed by atoms with Gasteiger partial charge in [-0.05, 0) is 32.6 Å². The van der Waals surface area contributed by atoms with E-state index in [-0.39, 0.29) is 0 Å². The molecule has 3 heteroatoms. The Bertz CT molecular complexity index is 156. The van der Waals surface area contributed by atoms with Crippen LogP contribution in [0.15, 0.2) is 5.16 Å². The summed E-state index contributed by atoms with van der Waals surface area (Å²) in [6.45, 7) is 8.66. The van der Waals surface area contributed by atoms with Crippen LogP contribution in [0.3, 0.4) is 0 Å². The van der Waals surface area contributed by atoms with E-state index in [2.05, 4.69) is 5.16 Å². The summed E-state index contributed by atoms with van der Waals surface area (Å²) in [5, 5.41) is 3.91. The second kappa shape index (κ2) is 15.6. The van der Waals surface area contributed by atoms with Gasteiger partial charge in [0.2, 0.25) is 0 Å². The molecule has 0 radical (unpaired) electrons. The van der Waals surface area contributed by atoms with Crippen molar-refractivity contribution >= 4 is 12.0 Å². The van der Waals surface area contributed by atoms with Gasteiger partial charge in [-0.3, -0.25) is 0 Å². The van der Waals surface area contributed by atoms with Crippen LogP contribution in [-0.4, -0.2) is 18.6 Å². The molecule has 15 heavy (non-hydrogen) atoms. The molecule has 0 bridgehead atoms. The highest BCUT2D eigenvalue weighted by atomic mass is 16.6. The summed E-state index contributed by atoms with van der Waals surface area (Å²) in [6.07, 6.45) is 5.54. The molecule has 0 fully saturated rings. The summed E-state index contributed by atoms with van der Waals surface area (Å²) in [7, 11) is 0. The number of aldehydes is 1. The molecule has 0 N–H and O–H groups in total. The molecule has 0 saturated carbocycles. The Morgan fingerprint density at radius 1 is 1.27 bits per heavy atom. The van der Waals surface area contributed by atoms with Crippen LogP contribution in [0, 0.1) is 0 Å². The summed E-state index contributed by atoms with van der Waals surface area (Å²) in [4.78, 5) is 15.0. The molecule has 0 saturated heterocycles. The number of carbonyl (C=O) groups excluding carboxylic acids is 1. The molecular weight excluding hydrogens is 190 g/mol. The fraction of sp³-hybridized carbons (Fsp3) is 0.833. The molecule has 90 valence electrons. The third kappa shape index (κ3) is 15.9. The summed E-state index contributed by atoms with van der Waals surface area (Å²) >= 11 is 0. The Morgan fingerprint density at radius 3 is 2.47 bits per heavy atom. The third-order valence-corrected chi connectivity index (χ3v) is 1.79. The van der Waals surface area contributed by atoms with E-state index in [0.29, 0.717) is 13.0 Å². The van der Waals surface area contributed by atoms with Crippen LogP contribution in [0.2, 0.25) is 0 Å². The first-order valence-electron chi connectivity index (χ1n) is 5.90. The Morgan fingerprint density at radius 2 is 1.93 bits per heavy atom. The van der Waals surface area contributed by atoms with Crippen molar-refractivity contribution in [1.29, 1.82) is 0 Å². The van der Waals surface area contributed by atoms with E-state index in [1.807, 2.05) is 27.7 Å². The maximum atomic E-state index is 9.97. The molecule has 0 aliphatic carbocycles. The molecule has 0 rings (SSSR count). The van der Waals surface area contributed by atoms with E-state index in [4.69, 9.17) is 4.84 Å². The molecule has 0 aromatic rings. The number of unbranched alkanes of at least 4 members (excludes halogenated alkanes) is 3. The SMILES string of the molecule is CC.CC/C(C)=N/OCCCCCC=O. The monoisotopic (exact) mass is 215 g/mol.